The molecule has 2 atom stereocenters. The van der Waals surface area contributed by atoms with Crippen molar-refractivity contribution in [3.05, 3.63) is 0 Å². The zero-order chi connectivity index (χ0) is 13.9. The fraction of sp³-hybridized carbons (Fsp3) is 0.923. The van der Waals surface area contributed by atoms with E-state index in [4.69, 9.17) is 9.47 Å². The monoisotopic (exact) mass is 275 g/mol. The number of ether oxygens (including phenoxy) is 2. The summed E-state index contributed by atoms with van der Waals surface area (Å²) in [5, 5.41) is 0. The van der Waals surface area contributed by atoms with Gasteiger partial charge in [-0.25, -0.2) is 8.78 Å². The molecular weight excluding hydrogens is 256 g/mol. The quantitative estimate of drug-likeness (QED) is 0.727. The molecule has 0 aromatic heterocycles. The van der Waals surface area contributed by atoms with E-state index in [2.05, 4.69) is 0 Å². The summed E-state index contributed by atoms with van der Waals surface area (Å²) >= 11 is 0. The van der Waals surface area contributed by atoms with E-state index in [0.29, 0.717) is 32.7 Å². The van der Waals surface area contributed by atoms with Crippen molar-refractivity contribution < 1.29 is 23.0 Å². The lowest BCUT2D eigenvalue weighted by Gasteiger charge is -2.48. The molecule has 2 aliphatic heterocycles. The third kappa shape index (κ3) is 2.36. The third-order valence-corrected chi connectivity index (χ3v) is 4.05. The van der Waals surface area contributed by atoms with Gasteiger partial charge in [0, 0.05) is 26.0 Å². The highest BCUT2D eigenvalue weighted by molar-refractivity contribution is 5.83. The summed E-state index contributed by atoms with van der Waals surface area (Å²) in [6.45, 7) is 5.52. The number of amides is 1. The van der Waals surface area contributed by atoms with Crippen LogP contribution in [0.4, 0.5) is 8.78 Å². The van der Waals surface area contributed by atoms with Gasteiger partial charge in [0.05, 0.1) is 18.8 Å². The van der Waals surface area contributed by atoms with Gasteiger partial charge in [-0.15, -0.1) is 0 Å². The van der Waals surface area contributed by atoms with Crippen molar-refractivity contribution in [3.8, 4) is 0 Å². The maximum absolute atomic E-state index is 13.1. The second-order valence-corrected chi connectivity index (χ2v) is 6.56. The van der Waals surface area contributed by atoms with E-state index in [-0.39, 0.29) is 6.42 Å². The fourth-order valence-corrected chi connectivity index (χ4v) is 3.17. The molecule has 3 rings (SSSR count). The number of rotatable bonds is 1. The van der Waals surface area contributed by atoms with Crippen molar-refractivity contribution in [2.75, 3.05) is 26.3 Å². The predicted molar refractivity (Wildman–Crippen MR) is 63.0 cm³/mol. The molecular formula is C13H19F2NO3. The molecule has 2 unspecified atom stereocenters. The summed E-state index contributed by atoms with van der Waals surface area (Å²) in [6.07, 6.45) is 0.397. The largest absolute Gasteiger partial charge is 0.378 e. The van der Waals surface area contributed by atoms with Gasteiger partial charge in [-0.05, 0) is 13.8 Å². The van der Waals surface area contributed by atoms with Crippen LogP contribution in [-0.2, 0) is 14.3 Å². The molecule has 1 spiro atoms. The lowest BCUT2D eigenvalue weighted by Crippen LogP contribution is -2.61. The predicted octanol–water partition coefficient (Wildman–Crippen LogP) is 1.44. The molecule has 0 radical (unpaired) electrons. The van der Waals surface area contributed by atoms with Crippen LogP contribution in [0.5, 0.6) is 0 Å². The molecule has 4 nitrogen and oxygen atoms in total. The Bertz CT molecular complexity index is 405. The summed E-state index contributed by atoms with van der Waals surface area (Å²) in [6, 6.07) is 0. The molecule has 0 aromatic carbocycles. The summed E-state index contributed by atoms with van der Waals surface area (Å²) in [4.78, 5) is 13.7. The summed E-state index contributed by atoms with van der Waals surface area (Å²) in [5.41, 5.74) is -1.03. The Hall–Kier alpha value is -0.750. The number of morpholine rings is 1. The number of halogens is 2. The van der Waals surface area contributed by atoms with Crippen LogP contribution in [0.25, 0.3) is 0 Å². The molecule has 3 fully saturated rings. The van der Waals surface area contributed by atoms with Crippen molar-refractivity contribution in [3.63, 3.8) is 0 Å². The highest BCUT2D eigenvalue weighted by Crippen LogP contribution is 2.50. The van der Waals surface area contributed by atoms with E-state index >= 15 is 0 Å². The minimum Gasteiger partial charge on any atom is -0.378 e. The van der Waals surface area contributed by atoms with Gasteiger partial charge in [0.25, 0.3) is 5.92 Å². The number of nitrogens with zero attached hydrogens (tertiary/aromatic N) is 1. The SMILES string of the molecule is CC1(C)CN(C(=O)C2CC2(F)F)CC2(CCOC2)O1. The molecule has 108 valence electrons. The highest BCUT2D eigenvalue weighted by atomic mass is 19.3. The number of hydrogen-bond acceptors (Lipinski definition) is 3. The molecule has 6 heteroatoms. The molecule has 1 saturated carbocycles. The molecule has 1 amide bonds. The Labute approximate surface area is 111 Å². The number of hydrogen-bond donors (Lipinski definition) is 0. The van der Waals surface area contributed by atoms with Crippen molar-refractivity contribution in [1.82, 2.24) is 4.90 Å². The first kappa shape index (κ1) is 13.2. The smallest absolute Gasteiger partial charge is 0.260 e. The topological polar surface area (TPSA) is 38.8 Å². The van der Waals surface area contributed by atoms with Gasteiger partial charge < -0.3 is 14.4 Å². The zero-order valence-electron chi connectivity index (χ0n) is 11.2. The van der Waals surface area contributed by atoms with Gasteiger partial charge in [-0.2, -0.15) is 0 Å². The van der Waals surface area contributed by atoms with E-state index in [1.807, 2.05) is 13.8 Å². The van der Waals surface area contributed by atoms with Crippen LogP contribution >= 0.6 is 0 Å². The molecule has 2 saturated heterocycles. The first-order valence-electron chi connectivity index (χ1n) is 6.68. The van der Waals surface area contributed by atoms with Crippen molar-refractivity contribution in [1.29, 1.82) is 0 Å². The van der Waals surface area contributed by atoms with Crippen molar-refractivity contribution in [2.24, 2.45) is 5.92 Å². The van der Waals surface area contributed by atoms with E-state index < -0.39 is 28.9 Å². The fourth-order valence-electron chi connectivity index (χ4n) is 3.17. The van der Waals surface area contributed by atoms with Crippen LogP contribution < -0.4 is 0 Å². The van der Waals surface area contributed by atoms with E-state index in [1.54, 1.807) is 4.90 Å². The van der Waals surface area contributed by atoms with Crippen LogP contribution in [-0.4, -0.2) is 54.2 Å². The van der Waals surface area contributed by atoms with Crippen LogP contribution in [0.1, 0.15) is 26.7 Å². The maximum atomic E-state index is 13.1. The Kier molecular flexibility index (Phi) is 2.71. The molecule has 2 heterocycles. The first-order chi connectivity index (χ1) is 8.73. The van der Waals surface area contributed by atoms with Gasteiger partial charge in [0.15, 0.2) is 0 Å². The van der Waals surface area contributed by atoms with E-state index in [0.717, 1.165) is 0 Å². The summed E-state index contributed by atoms with van der Waals surface area (Å²) in [5.74, 6) is -4.37. The van der Waals surface area contributed by atoms with Crippen molar-refractivity contribution >= 4 is 5.91 Å². The van der Waals surface area contributed by atoms with Gasteiger partial charge >= 0.3 is 0 Å². The van der Waals surface area contributed by atoms with E-state index in [9.17, 15) is 13.6 Å². The summed E-state index contributed by atoms with van der Waals surface area (Å²) < 4.78 is 37.5. The minimum atomic E-state index is -2.81. The number of carbonyl (C=O) groups is 1. The average molecular weight is 275 g/mol. The van der Waals surface area contributed by atoms with Crippen LogP contribution in [0, 0.1) is 5.92 Å². The highest BCUT2D eigenvalue weighted by Gasteiger charge is 2.63. The van der Waals surface area contributed by atoms with Crippen LogP contribution in [0.3, 0.4) is 0 Å². The summed E-state index contributed by atoms with van der Waals surface area (Å²) in [7, 11) is 0. The lowest BCUT2D eigenvalue weighted by molar-refractivity contribution is -0.200. The average Bonchev–Trinajstić information content (AvgIpc) is 2.68. The van der Waals surface area contributed by atoms with Crippen molar-refractivity contribution in [2.45, 2.75) is 43.8 Å². The Morgan fingerprint density at radius 3 is 2.53 bits per heavy atom. The standard InChI is InChI=1S/C13H19F2NO3/c1-11(2)6-16(10(17)9-5-13(9,14)15)7-12(19-11)3-4-18-8-12/h9H,3-8H2,1-2H3. The Morgan fingerprint density at radius 2 is 2.00 bits per heavy atom. The third-order valence-electron chi connectivity index (χ3n) is 4.05. The normalized spacial score (nSPS) is 39.6. The first-order valence-corrected chi connectivity index (χ1v) is 6.68. The lowest BCUT2D eigenvalue weighted by atomic mass is 9.94. The van der Waals surface area contributed by atoms with Crippen LogP contribution in [0.2, 0.25) is 0 Å². The molecule has 3 aliphatic rings. The second-order valence-electron chi connectivity index (χ2n) is 6.56. The number of alkyl halides is 2. The minimum absolute atomic E-state index is 0.312. The van der Waals surface area contributed by atoms with Gasteiger partial charge in [0.2, 0.25) is 5.91 Å². The van der Waals surface area contributed by atoms with Gasteiger partial charge in [0.1, 0.15) is 11.5 Å². The maximum Gasteiger partial charge on any atom is 0.260 e. The Balaban J connectivity index is 1.76. The second kappa shape index (κ2) is 3.88. The zero-order valence-corrected chi connectivity index (χ0v) is 11.2. The number of carbonyl (C=O) groups excluding carboxylic acids is 1. The molecule has 0 N–H and O–H groups in total. The molecule has 19 heavy (non-hydrogen) atoms. The molecule has 0 bridgehead atoms. The van der Waals surface area contributed by atoms with Crippen LogP contribution in [0.15, 0.2) is 0 Å². The van der Waals surface area contributed by atoms with E-state index in [1.165, 1.54) is 0 Å². The Morgan fingerprint density at radius 1 is 1.32 bits per heavy atom. The van der Waals surface area contributed by atoms with Gasteiger partial charge in [-0.3, -0.25) is 4.79 Å². The van der Waals surface area contributed by atoms with Gasteiger partial charge in [-0.1, -0.05) is 0 Å². The molecule has 1 aliphatic carbocycles. The molecule has 0 aromatic rings.